The van der Waals surface area contributed by atoms with Crippen LogP contribution in [0.2, 0.25) is 0 Å². The van der Waals surface area contributed by atoms with Crippen LogP contribution in [0.5, 0.6) is 0 Å². The average Bonchev–Trinajstić information content (AvgIpc) is 2.54. The molecule has 0 aromatic heterocycles. The molecule has 4 nitrogen and oxygen atoms in total. The minimum Gasteiger partial charge on any atom is -0.396 e. The Morgan fingerprint density at radius 2 is 1.86 bits per heavy atom. The first-order valence-corrected chi connectivity index (χ1v) is 9.35. The highest BCUT2D eigenvalue weighted by Crippen LogP contribution is 2.36. The third kappa shape index (κ3) is 3.77. The maximum absolute atomic E-state index is 12.1. The lowest BCUT2D eigenvalue weighted by molar-refractivity contribution is 0.0943. The average molecular weight is 311 g/mol. The zero-order valence-corrected chi connectivity index (χ0v) is 13.5. The van der Waals surface area contributed by atoms with E-state index in [0.29, 0.717) is 17.1 Å². The van der Waals surface area contributed by atoms with Crippen molar-refractivity contribution in [3.8, 4) is 0 Å². The monoisotopic (exact) mass is 311 g/mol. The van der Waals surface area contributed by atoms with Crippen molar-refractivity contribution in [1.82, 2.24) is 0 Å². The highest BCUT2D eigenvalue weighted by molar-refractivity contribution is 7.91. The molecule has 1 aromatic rings. The maximum atomic E-state index is 12.1. The van der Waals surface area contributed by atoms with Gasteiger partial charge in [-0.2, -0.15) is 0 Å². The standard InChI is InChI=1S/C16H25NO3S/c1-2-21(19,20)15-9-5-4-8-14(15)17-12-16(13-18)10-6-3-7-11-16/h4-5,8-9,17-18H,2-3,6-7,10-13H2,1H3. The lowest BCUT2D eigenvalue weighted by Gasteiger charge is -2.36. The summed E-state index contributed by atoms with van der Waals surface area (Å²) in [6, 6.07) is 7.03. The lowest BCUT2D eigenvalue weighted by atomic mass is 9.74. The third-order valence-electron chi connectivity index (χ3n) is 4.51. The topological polar surface area (TPSA) is 66.4 Å². The number of para-hydroxylation sites is 1. The molecule has 1 saturated carbocycles. The van der Waals surface area contributed by atoms with Crippen molar-refractivity contribution in [2.75, 3.05) is 24.2 Å². The SMILES string of the molecule is CCS(=O)(=O)c1ccccc1NCC1(CO)CCCCC1. The van der Waals surface area contributed by atoms with E-state index in [4.69, 9.17) is 0 Å². The predicted octanol–water partition coefficient (Wildman–Crippen LogP) is 2.83. The Bertz CT molecular complexity index is 563. The molecule has 0 radical (unpaired) electrons. The first-order valence-electron chi connectivity index (χ1n) is 7.69. The van der Waals surface area contributed by atoms with Crippen molar-refractivity contribution in [3.63, 3.8) is 0 Å². The highest BCUT2D eigenvalue weighted by atomic mass is 32.2. The molecule has 0 bridgehead atoms. The van der Waals surface area contributed by atoms with Gasteiger partial charge < -0.3 is 10.4 Å². The van der Waals surface area contributed by atoms with Gasteiger partial charge in [-0.15, -0.1) is 0 Å². The van der Waals surface area contributed by atoms with Crippen LogP contribution in [0.3, 0.4) is 0 Å². The number of rotatable bonds is 6. The number of aliphatic hydroxyl groups is 1. The second-order valence-electron chi connectivity index (χ2n) is 5.97. The van der Waals surface area contributed by atoms with Gasteiger partial charge in [0.2, 0.25) is 0 Å². The summed E-state index contributed by atoms with van der Waals surface area (Å²) in [7, 11) is -3.23. The zero-order valence-electron chi connectivity index (χ0n) is 12.6. The van der Waals surface area contributed by atoms with Crippen LogP contribution in [0.4, 0.5) is 5.69 Å². The van der Waals surface area contributed by atoms with Crippen LogP contribution in [0, 0.1) is 5.41 Å². The minimum absolute atomic E-state index is 0.0941. The molecule has 0 amide bonds. The molecule has 1 fully saturated rings. The van der Waals surface area contributed by atoms with Crippen molar-refractivity contribution < 1.29 is 13.5 Å². The summed E-state index contributed by atoms with van der Waals surface area (Å²) in [4.78, 5) is 0.358. The summed E-state index contributed by atoms with van der Waals surface area (Å²) in [6.07, 6.45) is 5.50. The van der Waals surface area contributed by atoms with Gasteiger partial charge in [-0.3, -0.25) is 0 Å². The normalized spacial score (nSPS) is 18.4. The van der Waals surface area contributed by atoms with Crippen molar-refractivity contribution in [2.45, 2.75) is 43.9 Å². The largest absolute Gasteiger partial charge is 0.396 e. The van der Waals surface area contributed by atoms with E-state index < -0.39 is 9.84 Å². The van der Waals surface area contributed by atoms with Gasteiger partial charge >= 0.3 is 0 Å². The molecule has 2 rings (SSSR count). The first kappa shape index (κ1) is 16.3. The summed E-state index contributed by atoms with van der Waals surface area (Å²) in [5.74, 6) is 0.0941. The van der Waals surface area contributed by atoms with Crippen molar-refractivity contribution in [2.24, 2.45) is 5.41 Å². The molecule has 2 N–H and O–H groups in total. The number of anilines is 1. The molecule has 1 aliphatic rings. The van der Waals surface area contributed by atoms with Crippen molar-refractivity contribution >= 4 is 15.5 Å². The molecular weight excluding hydrogens is 286 g/mol. The summed E-state index contributed by atoms with van der Waals surface area (Å²) >= 11 is 0. The predicted molar refractivity (Wildman–Crippen MR) is 85.3 cm³/mol. The highest BCUT2D eigenvalue weighted by Gasteiger charge is 2.31. The Hall–Kier alpha value is -1.07. The lowest BCUT2D eigenvalue weighted by Crippen LogP contribution is -2.35. The quantitative estimate of drug-likeness (QED) is 0.848. The Morgan fingerprint density at radius 1 is 1.19 bits per heavy atom. The number of nitrogens with one attached hydrogen (secondary N) is 1. The van der Waals surface area contributed by atoms with E-state index in [-0.39, 0.29) is 17.8 Å². The van der Waals surface area contributed by atoms with Crippen LogP contribution in [0.1, 0.15) is 39.0 Å². The Morgan fingerprint density at radius 3 is 2.48 bits per heavy atom. The number of hydrogen-bond donors (Lipinski definition) is 2. The minimum atomic E-state index is -3.23. The van der Waals surface area contributed by atoms with E-state index in [1.54, 1.807) is 25.1 Å². The second kappa shape index (κ2) is 6.79. The molecule has 5 heteroatoms. The fraction of sp³-hybridized carbons (Fsp3) is 0.625. The first-order chi connectivity index (χ1) is 10.0. The number of sulfone groups is 1. The van der Waals surface area contributed by atoms with E-state index in [9.17, 15) is 13.5 Å². The van der Waals surface area contributed by atoms with E-state index >= 15 is 0 Å². The number of aliphatic hydroxyl groups excluding tert-OH is 1. The Labute approximate surface area is 127 Å². The van der Waals surface area contributed by atoms with Crippen LogP contribution in [-0.4, -0.2) is 32.4 Å². The van der Waals surface area contributed by atoms with Gasteiger partial charge in [0.05, 0.1) is 22.9 Å². The van der Waals surface area contributed by atoms with Crippen LogP contribution in [0.25, 0.3) is 0 Å². The fourth-order valence-electron chi connectivity index (χ4n) is 3.01. The van der Waals surface area contributed by atoms with Crippen molar-refractivity contribution in [3.05, 3.63) is 24.3 Å². The summed E-state index contributed by atoms with van der Waals surface area (Å²) in [5, 5.41) is 13.0. The molecule has 0 heterocycles. The van der Waals surface area contributed by atoms with Crippen LogP contribution in [0.15, 0.2) is 29.2 Å². The summed E-state index contributed by atoms with van der Waals surface area (Å²) in [6.45, 7) is 2.44. The molecule has 0 aliphatic heterocycles. The maximum Gasteiger partial charge on any atom is 0.180 e. The molecule has 21 heavy (non-hydrogen) atoms. The molecule has 0 unspecified atom stereocenters. The molecule has 118 valence electrons. The number of benzene rings is 1. The van der Waals surface area contributed by atoms with Gasteiger partial charge in [-0.25, -0.2) is 8.42 Å². The van der Waals surface area contributed by atoms with Gasteiger partial charge in [-0.05, 0) is 25.0 Å². The fourth-order valence-corrected chi connectivity index (χ4v) is 4.09. The number of hydrogen-bond acceptors (Lipinski definition) is 4. The summed E-state index contributed by atoms with van der Waals surface area (Å²) < 4.78 is 24.3. The van der Waals surface area contributed by atoms with Crippen LogP contribution >= 0.6 is 0 Å². The smallest absolute Gasteiger partial charge is 0.180 e. The van der Waals surface area contributed by atoms with E-state index in [1.807, 2.05) is 6.07 Å². The Kier molecular flexibility index (Phi) is 5.27. The van der Waals surface area contributed by atoms with E-state index in [0.717, 1.165) is 25.7 Å². The zero-order chi connectivity index (χ0) is 15.3. The van der Waals surface area contributed by atoms with Gasteiger partial charge in [0, 0.05) is 12.0 Å². The summed E-state index contributed by atoms with van der Waals surface area (Å²) in [5.41, 5.74) is 0.541. The van der Waals surface area contributed by atoms with Crippen LogP contribution < -0.4 is 5.32 Å². The molecule has 0 saturated heterocycles. The van der Waals surface area contributed by atoms with E-state index in [1.165, 1.54) is 6.42 Å². The Balaban J connectivity index is 2.17. The molecular formula is C16H25NO3S. The van der Waals surface area contributed by atoms with Gasteiger partial charge in [-0.1, -0.05) is 38.3 Å². The molecule has 1 aliphatic carbocycles. The molecule has 0 spiro atoms. The van der Waals surface area contributed by atoms with Crippen LogP contribution in [-0.2, 0) is 9.84 Å². The second-order valence-corrected chi connectivity index (χ2v) is 8.22. The van der Waals surface area contributed by atoms with Gasteiger partial charge in [0.25, 0.3) is 0 Å². The molecule has 1 aromatic carbocycles. The van der Waals surface area contributed by atoms with Gasteiger partial charge in [0.15, 0.2) is 9.84 Å². The van der Waals surface area contributed by atoms with Gasteiger partial charge in [0.1, 0.15) is 0 Å². The third-order valence-corrected chi connectivity index (χ3v) is 6.29. The van der Waals surface area contributed by atoms with E-state index in [2.05, 4.69) is 5.32 Å². The van der Waals surface area contributed by atoms with Crippen molar-refractivity contribution in [1.29, 1.82) is 0 Å². The molecule has 0 atom stereocenters.